The Kier molecular flexibility index (Phi) is 5.74. The fourth-order valence-corrected chi connectivity index (χ4v) is 0.744. The van der Waals surface area contributed by atoms with Gasteiger partial charge < -0.3 is 10.5 Å². The van der Waals surface area contributed by atoms with Crippen LogP contribution in [0.3, 0.4) is 0 Å². The Labute approximate surface area is 89.5 Å². The molecule has 0 aromatic carbocycles. The average Bonchev–Trinajstić information content (AvgIpc) is 1.92. The van der Waals surface area contributed by atoms with Crippen LogP contribution in [0.15, 0.2) is 0 Å². The molecule has 14 heavy (non-hydrogen) atoms. The van der Waals surface area contributed by atoms with Crippen LogP contribution in [0.4, 0.5) is 0 Å². The van der Waals surface area contributed by atoms with Gasteiger partial charge in [0.15, 0.2) is 0 Å². The van der Waals surface area contributed by atoms with E-state index in [9.17, 15) is 0 Å². The van der Waals surface area contributed by atoms with E-state index < -0.39 is 0 Å². The van der Waals surface area contributed by atoms with Crippen molar-refractivity contribution in [2.75, 3.05) is 0 Å². The van der Waals surface area contributed by atoms with Gasteiger partial charge in [0, 0.05) is 11.1 Å². The lowest BCUT2D eigenvalue weighted by Gasteiger charge is -2.22. The maximum atomic E-state index is 3.32. The van der Waals surface area contributed by atoms with E-state index in [1.54, 1.807) is 0 Å². The van der Waals surface area contributed by atoms with Crippen LogP contribution in [0.1, 0.15) is 41.5 Å². The molecule has 0 aromatic rings. The van der Waals surface area contributed by atoms with Gasteiger partial charge in [-0.3, -0.25) is 10.7 Å². The van der Waals surface area contributed by atoms with E-state index in [1.807, 2.05) is 0 Å². The highest BCUT2D eigenvalue weighted by Gasteiger charge is 2.09. The minimum Gasteiger partial charge on any atom is -0.340 e. The van der Waals surface area contributed by atoms with Crippen LogP contribution in [0, 0.1) is 0 Å². The molecule has 4 N–H and O–H groups in total. The third-order valence-corrected chi connectivity index (χ3v) is 1.54. The summed E-state index contributed by atoms with van der Waals surface area (Å²) in [5.41, 5.74) is 0.318. The van der Waals surface area contributed by atoms with Gasteiger partial charge in [-0.2, -0.15) is 0 Å². The molecule has 0 atom stereocenters. The van der Waals surface area contributed by atoms with Gasteiger partial charge in [0.05, 0.1) is 0 Å². The van der Waals surface area contributed by atoms with Gasteiger partial charge in [-0.25, -0.2) is 0 Å². The Morgan fingerprint density at radius 1 is 0.643 bits per heavy atom. The van der Waals surface area contributed by atoms with Crippen molar-refractivity contribution in [2.24, 2.45) is 0 Å². The fourth-order valence-electron chi connectivity index (χ4n) is 0.744. The average molecular weight is 198 g/mol. The zero-order valence-corrected chi connectivity index (χ0v) is 10.4. The second-order valence-electron chi connectivity index (χ2n) is 5.56. The van der Waals surface area contributed by atoms with E-state index in [2.05, 4.69) is 62.7 Å². The lowest BCUT2D eigenvalue weighted by atomic mass is 10.0. The molecular weight excluding hydrogens is 174 g/mol. The summed E-state index contributed by atoms with van der Waals surface area (Å²) >= 11 is 0. The van der Waals surface area contributed by atoms with Crippen molar-refractivity contribution in [2.45, 2.75) is 52.6 Å². The minimum absolute atomic E-state index is 0.159. The Morgan fingerprint density at radius 3 is 1.14 bits per heavy atom. The summed E-state index contributed by atoms with van der Waals surface area (Å²) in [4.78, 5) is 0. The van der Waals surface area contributed by atoms with E-state index in [1.165, 1.54) is 0 Å². The number of hydrazine groups is 1. The summed E-state index contributed by atoms with van der Waals surface area (Å²) in [6.45, 7) is 12.8. The third-order valence-electron chi connectivity index (χ3n) is 1.54. The van der Waals surface area contributed by atoms with Crippen molar-refractivity contribution >= 4 is 15.1 Å². The van der Waals surface area contributed by atoms with Crippen LogP contribution < -0.4 is 21.1 Å². The Morgan fingerprint density at radius 2 is 0.929 bits per heavy atom. The molecule has 4 nitrogen and oxygen atoms in total. The van der Waals surface area contributed by atoms with Gasteiger partial charge in [0.1, 0.15) is 0 Å². The SMILES string of the molecule is CC(C)(C)NBNNBNC(C)(C)C. The maximum Gasteiger partial charge on any atom is 0.299 e. The van der Waals surface area contributed by atoms with Crippen LogP contribution in [0.25, 0.3) is 0 Å². The molecule has 0 aliphatic carbocycles. The number of rotatable bonds is 5. The Balaban J connectivity index is 3.23. The molecule has 6 heteroatoms. The molecule has 0 fully saturated rings. The van der Waals surface area contributed by atoms with Gasteiger partial charge in [-0.1, -0.05) is 0 Å². The van der Waals surface area contributed by atoms with Crippen molar-refractivity contribution in [1.82, 2.24) is 21.1 Å². The highest BCUT2D eigenvalue weighted by Crippen LogP contribution is 1.95. The minimum atomic E-state index is 0.159. The molecule has 0 aliphatic heterocycles. The predicted octanol–water partition coefficient (Wildman–Crippen LogP) is -0.610. The predicted molar refractivity (Wildman–Crippen MR) is 66.3 cm³/mol. The molecule has 0 aliphatic rings. The van der Waals surface area contributed by atoms with E-state index >= 15 is 0 Å². The first-order valence-corrected chi connectivity index (χ1v) is 5.16. The highest BCUT2D eigenvalue weighted by molar-refractivity contribution is 6.34. The zero-order valence-electron chi connectivity index (χ0n) is 10.4. The van der Waals surface area contributed by atoms with E-state index in [0.29, 0.717) is 0 Å². The molecule has 82 valence electrons. The number of hydrogen-bond acceptors (Lipinski definition) is 4. The summed E-state index contributed by atoms with van der Waals surface area (Å²) < 4.78 is 0. The summed E-state index contributed by atoms with van der Waals surface area (Å²) in [6, 6.07) is 0. The highest BCUT2D eigenvalue weighted by atomic mass is 15.3. The van der Waals surface area contributed by atoms with Crippen LogP contribution in [0.2, 0.25) is 0 Å². The number of hydrogen-bond donors (Lipinski definition) is 4. The van der Waals surface area contributed by atoms with Crippen molar-refractivity contribution < 1.29 is 0 Å². The smallest absolute Gasteiger partial charge is 0.299 e. The first-order valence-electron chi connectivity index (χ1n) is 5.16. The van der Waals surface area contributed by atoms with Crippen LogP contribution >= 0.6 is 0 Å². The van der Waals surface area contributed by atoms with Crippen LogP contribution in [-0.4, -0.2) is 26.2 Å². The Hall–Kier alpha value is -0.0301. The summed E-state index contributed by atoms with van der Waals surface area (Å²) in [7, 11) is 1.52. The van der Waals surface area contributed by atoms with E-state index in [0.717, 1.165) is 15.1 Å². The largest absolute Gasteiger partial charge is 0.340 e. The fraction of sp³-hybridized carbons (Fsp3) is 1.00. The van der Waals surface area contributed by atoms with Gasteiger partial charge in [0.25, 0.3) is 15.1 Å². The molecule has 0 aromatic heterocycles. The molecule has 0 saturated carbocycles. The van der Waals surface area contributed by atoms with E-state index in [4.69, 9.17) is 0 Å². The van der Waals surface area contributed by atoms with Gasteiger partial charge in [-0.15, -0.1) is 0 Å². The molecule has 0 bridgehead atoms. The van der Waals surface area contributed by atoms with Crippen molar-refractivity contribution in [3.05, 3.63) is 0 Å². The first-order chi connectivity index (χ1) is 6.21. The first kappa shape index (κ1) is 14.0. The molecule has 0 amide bonds. The molecule has 0 rings (SSSR count). The topological polar surface area (TPSA) is 48.1 Å². The van der Waals surface area contributed by atoms with Crippen molar-refractivity contribution in [1.29, 1.82) is 0 Å². The normalized spacial score (nSPS) is 12.7. The van der Waals surface area contributed by atoms with Gasteiger partial charge in [0.2, 0.25) is 0 Å². The third kappa shape index (κ3) is 12.0. The second-order valence-corrected chi connectivity index (χ2v) is 5.56. The molecular formula is C8H24B2N4. The summed E-state index contributed by atoms with van der Waals surface area (Å²) in [5.74, 6) is 0. The molecule has 0 saturated heterocycles. The zero-order chi connectivity index (χ0) is 11.2. The lowest BCUT2D eigenvalue weighted by molar-refractivity contribution is 0.511. The summed E-state index contributed by atoms with van der Waals surface area (Å²) in [6.07, 6.45) is 0. The molecule has 0 spiro atoms. The van der Waals surface area contributed by atoms with Crippen LogP contribution in [-0.2, 0) is 0 Å². The molecule has 0 heterocycles. The monoisotopic (exact) mass is 198 g/mol. The van der Waals surface area contributed by atoms with Gasteiger partial charge >= 0.3 is 0 Å². The summed E-state index contributed by atoms with van der Waals surface area (Å²) in [5, 5.41) is 12.8. The lowest BCUT2D eigenvalue weighted by Crippen LogP contribution is -2.55. The standard InChI is InChI=1S/C8H24B2N4/c1-7(2,3)11-9-13-14-10-12-8(4,5)6/h9-14H,1-6H3. The van der Waals surface area contributed by atoms with Crippen molar-refractivity contribution in [3.63, 3.8) is 0 Å². The van der Waals surface area contributed by atoms with Crippen molar-refractivity contribution in [3.8, 4) is 0 Å². The van der Waals surface area contributed by atoms with Gasteiger partial charge in [-0.05, 0) is 41.5 Å². The quantitative estimate of drug-likeness (QED) is 0.270. The van der Waals surface area contributed by atoms with Crippen LogP contribution in [0.5, 0.6) is 0 Å². The molecule has 0 unspecified atom stereocenters. The maximum absolute atomic E-state index is 3.32. The van der Waals surface area contributed by atoms with E-state index in [-0.39, 0.29) is 11.1 Å². The molecule has 0 radical (unpaired) electrons. The number of nitrogens with one attached hydrogen (secondary N) is 4. The Bertz CT molecular complexity index is 132. The second kappa shape index (κ2) is 5.75.